The lowest BCUT2D eigenvalue weighted by molar-refractivity contribution is 0.167. The normalized spacial score (nSPS) is 13.1. The Morgan fingerprint density at radius 2 is 2.13 bits per heavy atom. The molecule has 0 radical (unpaired) electrons. The number of hydrogen-bond donors (Lipinski definition) is 1. The Bertz CT molecular complexity index is 296. The smallest absolute Gasteiger partial charge is 0.0897 e. The highest BCUT2D eigenvalue weighted by molar-refractivity contribution is 7.10. The molecule has 0 aromatic carbocycles. The minimum atomic E-state index is -0.368. The van der Waals surface area contributed by atoms with E-state index in [4.69, 9.17) is 11.6 Å². The van der Waals surface area contributed by atoms with Gasteiger partial charge in [-0.05, 0) is 24.3 Å². The van der Waals surface area contributed by atoms with E-state index in [2.05, 4.69) is 6.92 Å². The molecule has 0 aliphatic rings. The summed E-state index contributed by atoms with van der Waals surface area (Å²) in [7, 11) is 0. The van der Waals surface area contributed by atoms with E-state index >= 15 is 0 Å². The first kappa shape index (κ1) is 13.0. The summed E-state index contributed by atoms with van der Waals surface area (Å²) in [5.74, 6) is 0. The number of rotatable bonds is 6. The van der Waals surface area contributed by atoms with Gasteiger partial charge in [0.1, 0.15) is 0 Å². The summed E-state index contributed by atoms with van der Waals surface area (Å²) in [6, 6.07) is 0. The second-order valence-electron chi connectivity index (χ2n) is 3.96. The minimum Gasteiger partial charge on any atom is -0.388 e. The summed E-state index contributed by atoms with van der Waals surface area (Å²) < 4.78 is 0. The topological polar surface area (TPSA) is 20.2 Å². The lowest BCUT2D eigenvalue weighted by Crippen LogP contribution is -1.95. The molecule has 1 N–H and O–H groups in total. The van der Waals surface area contributed by atoms with Gasteiger partial charge in [0, 0.05) is 0 Å². The quantitative estimate of drug-likeness (QED) is 0.721. The standard InChI is InChI=1S/C12H19ClOS/c1-3-4-5-6-7-10(14)12-11(13)9(2)8-15-12/h8,10,14H,3-7H2,1-2H3. The molecule has 0 spiro atoms. The van der Waals surface area contributed by atoms with E-state index < -0.39 is 0 Å². The molecule has 0 aliphatic carbocycles. The summed E-state index contributed by atoms with van der Waals surface area (Å²) in [4.78, 5) is 0.936. The summed E-state index contributed by atoms with van der Waals surface area (Å²) in [6.07, 6.45) is 5.24. The van der Waals surface area contributed by atoms with Crippen molar-refractivity contribution in [2.24, 2.45) is 0 Å². The van der Waals surface area contributed by atoms with Crippen molar-refractivity contribution in [1.82, 2.24) is 0 Å². The van der Waals surface area contributed by atoms with Crippen LogP contribution in [-0.4, -0.2) is 5.11 Å². The monoisotopic (exact) mass is 246 g/mol. The Hall–Kier alpha value is -0.0500. The second kappa shape index (κ2) is 6.51. The van der Waals surface area contributed by atoms with Gasteiger partial charge in [-0.1, -0.05) is 44.2 Å². The summed E-state index contributed by atoms with van der Waals surface area (Å²) in [5, 5.41) is 12.7. The van der Waals surface area contributed by atoms with E-state index in [9.17, 15) is 5.11 Å². The van der Waals surface area contributed by atoms with Crippen molar-refractivity contribution in [1.29, 1.82) is 0 Å². The molecule has 1 unspecified atom stereocenters. The van der Waals surface area contributed by atoms with Crippen molar-refractivity contribution in [2.45, 2.75) is 52.1 Å². The lowest BCUT2D eigenvalue weighted by atomic mass is 10.1. The lowest BCUT2D eigenvalue weighted by Gasteiger charge is -2.08. The van der Waals surface area contributed by atoms with E-state index in [0.717, 1.165) is 28.3 Å². The molecule has 0 fully saturated rings. The highest BCUT2D eigenvalue weighted by Gasteiger charge is 2.14. The molecule has 0 bridgehead atoms. The van der Waals surface area contributed by atoms with Crippen molar-refractivity contribution >= 4 is 22.9 Å². The van der Waals surface area contributed by atoms with E-state index in [0.29, 0.717) is 0 Å². The summed E-state index contributed by atoms with van der Waals surface area (Å²) >= 11 is 7.66. The first-order valence-electron chi connectivity index (χ1n) is 5.58. The molecule has 86 valence electrons. The average Bonchev–Trinajstić information content (AvgIpc) is 2.55. The van der Waals surface area contributed by atoms with Gasteiger partial charge in [-0.3, -0.25) is 0 Å². The summed E-state index contributed by atoms with van der Waals surface area (Å²) in [5.41, 5.74) is 1.07. The Morgan fingerprint density at radius 1 is 1.40 bits per heavy atom. The Balaban J connectivity index is 2.40. The van der Waals surface area contributed by atoms with Crippen LogP contribution in [0.15, 0.2) is 5.38 Å². The van der Waals surface area contributed by atoms with Crippen LogP contribution in [0, 0.1) is 6.92 Å². The van der Waals surface area contributed by atoms with Crippen molar-refractivity contribution < 1.29 is 5.11 Å². The fraction of sp³-hybridized carbons (Fsp3) is 0.667. The van der Waals surface area contributed by atoms with Gasteiger partial charge in [-0.2, -0.15) is 0 Å². The van der Waals surface area contributed by atoms with Crippen LogP contribution in [0.2, 0.25) is 5.02 Å². The first-order valence-corrected chi connectivity index (χ1v) is 6.84. The number of thiophene rings is 1. The molecule has 1 atom stereocenters. The predicted octanol–water partition coefficient (Wildman–Crippen LogP) is 4.71. The van der Waals surface area contributed by atoms with Gasteiger partial charge in [0.2, 0.25) is 0 Å². The molecule has 0 aliphatic heterocycles. The highest BCUT2D eigenvalue weighted by Crippen LogP contribution is 2.34. The summed E-state index contributed by atoms with van der Waals surface area (Å²) in [6.45, 7) is 4.17. The van der Waals surface area contributed by atoms with E-state index in [1.54, 1.807) is 11.3 Å². The van der Waals surface area contributed by atoms with Gasteiger partial charge < -0.3 is 5.11 Å². The van der Waals surface area contributed by atoms with E-state index in [1.807, 2.05) is 12.3 Å². The first-order chi connectivity index (χ1) is 7.16. The fourth-order valence-corrected chi connectivity index (χ4v) is 2.91. The Morgan fingerprint density at radius 3 is 2.67 bits per heavy atom. The SMILES string of the molecule is CCCCCCC(O)c1scc(C)c1Cl. The molecule has 1 aromatic rings. The molecule has 1 heterocycles. The molecular weight excluding hydrogens is 228 g/mol. The van der Waals surface area contributed by atoms with Crippen LogP contribution in [0.3, 0.4) is 0 Å². The van der Waals surface area contributed by atoms with Crippen molar-refractivity contribution in [3.8, 4) is 0 Å². The average molecular weight is 247 g/mol. The maximum Gasteiger partial charge on any atom is 0.0897 e. The van der Waals surface area contributed by atoms with Gasteiger partial charge in [0.25, 0.3) is 0 Å². The van der Waals surface area contributed by atoms with Crippen molar-refractivity contribution in [3.63, 3.8) is 0 Å². The van der Waals surface area contributed by atoms with Crippen LogP contribution in [-0.2, 0) is 0 Å². The number of halogens is 1. The predicted molar refractivity (Wildman–Crippen MR) is 67.8 cm³/mol. The van der Waals surface area contributed by atoms with Crippen molar-refractivity contribution in [2.75, 3.05) is 0 Å². The van der Waals surface area contributed by atoms with Crippen molar-refractivity contribution in [3.05, 3.63) is 20.8 Å². The van der Waals surface area contributed by atoms with Crippen LogP contribution >= 0.6 is 22.9 Å². The number of aliphatic hydroxyl groups excluding tert-OH is 1. The number of aryl methyl sites for hydroxylation is 1. The minimum absolute atomic E-state index is 0.368. The Labute approximate surface area is 101 Å². The van der Waals surface area contributed by atoms with E-state index in [-0.39, 0.29) is 6.10 Å². The maximum atomic E-state index is 9.94. The highest BCUT2D eigenvalue weighted by atomic mass is 35.5. The van der Waals surface area contributed by atoms with Gasteiger partial charge in [-0.25, -0.2) is 0 Å². The zero-order valence-electron chi connectivity index (χ0n) is 9.42. The van der Waals surface area contributed by atoms with Crippen LogP contribution in [0.5, 0.6) is 0 Å². The third-order valence-corrected chi connectivity index (χ3v) is 4.37. The number of hydrogen-bond acceptors (Lipinski definition) is 2. The second-order valence-corrected chi connectivity index (χ2v) is 5.25. The van der Waals surface area contributed by atoms with Crippen LogP contribution in [0.4, 0.5) is 0 Å². The largest absolute Gasteiger partial charge is 0.388 e. The molecule has 0 saturated heterocycles. The number of unbranched alkanes of at least 4 members (excludes halogenated alkanes) is 3. The number of aliphatic hydroxyl groups is 1. The molecule has 3 heteroatoms. The van der Waals surface area contributed by atoms with Gasteiger partial charge in [0.05, 0.1) is 16.0 Å². The molecule has 0 saturated carbocycles. The van der Waals surface area contributed by atoms with E-state index in [1.165, 1.54) is 19.3 Å². The molecule has 1 aromatic heterocycles. The van der Waals surface area contributed by atoms with Crippen LogP contribution in [0.25, 0.3) is 0 Å². The van der Waals surface area contributed by atoms with Crippen LogP contribution < -0.4 is 0 Å². The molecule has 0 amide bonds. The zero-order chi connectivity index (χ0) is 11.3. The fourth-order valence-electron chi connectivity index (χ4n) is 1.57. The molecule has 15 heavy (non-hydrogen) atoms. The van der Waals surface area contributed by atoms with Crippen LogP contribution in [0.1, 0.15) is 55.6 Å². The van der Waals surface area contributed by atoms with Gasteiger partial charge in [0.15, 0.2) is 0 Å². The maximum absolute atomic E-state index is 9.94. The zero-order valence-corrected chi connectivity index (χ0v) is 11.0. The molecule has 1 nitrogen and oxygen atoms in total. The molecular formula is C12H19ClOS. The third-order valence-electron chi connectivity index (χ3n) is 2.56. The van der Waals surface area contributed by atoms with Gasteiger partial charge >= 0.3 is 0 Å². The molecule has 1 rings (SSSR count). The Kier molecular flexibility index (Phi) is 5.65. The van der Waals surface area contributed by atoms with Gasteiger partial charge in [-0.15, -0.1) is 11.3 Å². The third kappa shape index (κ3) is 3.78.